The summed E-state index contributed by atoms with van der Waals surface area (Å²) in [6.07, 6.45) is 0.881. The monoisotopic (exact) mass is 339 g/mol. The van der Waals surface area contributed by atoms with Crippen molar-refractivity contribution in [2.24, 2.45) is 0 Å². The van der Waals surface area contributed by atoms with Gasteiger partial charge in [-0.3, -0.25) is 25.8 Å². The van der Waals surface area contributed by atoms with Gasteiger partial charge in [0.05, 0.1) is 6.61 Å². The van der Waals surface area contributed by atoms with Gasteiger partial charge in [0.2, 0.25) is 0 Å². The molecule has 3 N–H and O–H groups in total. The summed E-state index contributed by atoms with van der Waals surface area (Å²) in [7, 11) is 0. The van der Waals surface area contributed by atoms with Gasteiger partial charge in [-0.25, -0.2) is 0 Å². The Morgan fingerprint density at radius 3 is 2.70 bits per heavy atom. The smallest absolute Gasteiger partial charge is 0.264 e. The van der Waals surface area contributed by atoms with Gasteiger partial charge < -0.3 is 9.47 Å². The van der Waals surface area contributed by atoms with E-state index in [2.05, 4.69) is 16.2 Å². The lowest BCUT2D eigenvalue weighted by Crippen LogP contribution is -2.49. The van der Waals surface area contributed by atoms with E-state index in [1.807, 2.05) is 6.92 Å². The summed E-state index contributed by atoms with van der Waals surface area (Å²) in [5.41, 5.74) is 5.15. The molecule has 0 heterocycles. The summed E-state index contributed by atoms with van der Waals surface area (Å²) in [5, 5.41) is 2.45. The number of benzene rings is 1. The maximum absolute atomic E-state index is 12.1. The first kappa shape index (κ1) is 18.9. The van der Waals surface area contributed by atoms with Crippen LogP contribution in [0.15, 0.2) is 24.3 Å². The SMILES string of the molecule is CCCOc1cccc(C(=O)NC(=S)NNC(=O)COCC)c1. The number of thiocarbonyl (C=S) groups is 1. The number of amides is 2. The highest BCUT2D eigenvalue weighted by molar-refractivity contribution is 7.80. The van der Waals surface area contributed by atoms with Crippen LogP contribution in [0.5, 0.6) is 5.75 Å². The molecular weight excluding hydrogens is 318 g/mol. The Balaban J connectivity index is 2.45. The highest BCUT2D eigenvalue weighted by atomic mass is 32.1. The maximum atomic E-state index is 12.1. The summed E-state index contributed by atoms with van der Waals surface area (Å²) in [6, 6.07) is 6.77. The third-order valence-corrected chi connectivity index (χ3v) is 2.75. The summed E-state index contributed by atoms with van der Waals surface area (Å²) >= 11 is 4.93. The van der Waals surface area contributed by atoms with Crippen LogP contribution in [0.25, 0.3) is 0 Å². The van der Waals surface area contributed by atoms with Crippen LogP contribution >= 0.6 is 12.2 Å². The second-order valence-corrected chi connectivity index (χ2v) is 4.88. The number of carbonyl (C=O) groups is 2. The molecule has 0 aromatic heterocycles. The average Bonchev–Trinajstić information content (AvgIpc) is 2.56. The van der Waals surface area contributed by atoms with Gasteiger partial charge >= 0.3 is 0 Å². The molecule has 7 nitrogen and oxygen atoms in total. The molecule has 1 aromatic rings. The van der Waals surface area contributed by atoms with Crippen molar-refractivity contribution in [2.45, 2.75) is 20.3 Å². The second-order valence-electron chi connectivity index (χ2n) is 4.47. The van der Waals surface area contributed by atoms with E-state index in [9.17, 15) is 9.59 Å². The zero-order valence-corrected chi connectivity index (χ0v) is 14.0. The molecule has 8 heteroatoms. The fraction of sp³-hybridized carbons (Fsp3) is 0.400. The van der Waals surface area contributed by atoms with Crippen LogP contribution in [0.1, 0.15) is 30.6 Å². The summed E-state index contributed by atoms with van der Waals surface area (Å²) in [4.78, 5) is 23.4. The topological polar surface area (TPSA) is 88.7 Å². The third kappa shape index (κ3) is 7.57. The van der Waals surface area contributed by atoms with E-state index in [1.165, 1.54) is 0 Å². The second kappa shape index (κ2) is 10.5. The molecule has 23 heavy (non-hydrogen) atoms. The van der Waals surface area contributed by atoms with Crippen LogP contribution in [0.3, 0.4) is 0 Å². The van der Waals surface area contributed by atoms with E-state index < -0.39 is 11.8 Å². The van der Waals surface area contributed by atoms with Crippen molar-refractivity contribution >= 4 is 29.1 Å². The molecule has 0 bridgehead atoms. The van der Waals surface area contributed by atoms with E-state index in [-0.39, 0.29) is 11.7 Å². The third-order valence-electron chi connectivity index (χ3n) is 2.55. The van der Waals surface area contributed by atoms with Gasteiger partial charge in [0.25, 0.3) is 11.8 Å². The van der Waals surface area contributed by atoms with Crippen molar-refractivity contribution in [2.75, 3.05) is 19.8 Å². The Labute approximate surface area is 140 Å². The fourth-order valence-electron chi connectivity index (χ4n) is 1.51. The average molecular weight is 339 g/mol. The Kier molecular flexibility index (Phi) is 8.63. The minimum absolute atomic E-state index is 0.0141. The van der Waals surface area contributed by atoms with E-state index in [0.717, 1.165) is 6.42 Å². The number of carbonyl (C=O) groups excluding carboxylic acids is 2. The van der Waals surface area contributed by atoms with Crippen molar-refractivity contribution in [3.63, 3.8) is 0 Å². The van der Waals surface area contributed by atoms with Crippen LogP contribution in [-0.2, 0) is 9.53 Å². The van der Waals surface area contributed by atoms with Gasteiger partial charge in [-0.05, 0) is 43.8 Å². The fourth-order valence-corrected chi connectivity index (χ4v) is 1.65. The Bertz CT molecular complexity index is 551. The standard InChI is InChI=1S/C15H21N3O4S/c1-3-8-22-12-7-5-6-11(9-12)14(20)16-15(23)18-17-13(19)10-21-4-2/h5-7,9H,3-4,8,10H2,1-2H3,(H,17,19)(H2,16,18,20,23). The van der Waals surface area contributed by atoms with E-state index in [1.54, 1.807) is 31.2 Å². The summed E-state index contributed by atoms with van der Waals surface area (Å²) in [6.45, 7) is 4.71. The number of hydrogen-bond donors (Lipinski definition) is 3. The first-order valence-corrected chi connectivity index (χ1v) is 7.68. The molecule has 0 fully saturated rings. The zero-order chi connectivity index (χ0) is 17.1. The Morgan fingerprint density at radius 1 is 1.22 bits per heavy atom. The van der Waals surface area contributed by atoms with Crippen LogP contribution in [-0.4, -0.2) is 36.7 Å². The molecule has 0 saturated carbocycles. The van der Waals surface area contributed by atoms with Crippen LogP contribution in [0, 0.1) is 0 Å². The molecule has 0 saturated heterocycles. The first-order chi connectivity index (χ1) is 11.1. The van der Waals surface area contributed by atoms with E-state index >= 15 is 0 Å². The summed E-state index contributed by atoms with van der Waals surface area (Å²) < 4.78 is 10.4. The van der Waals surface area contributed by atoms with Crippen molar-refractivity contribution in [1.29, 1.82) is 0 Å². The molecule has 0 radical (unpaired) electrons. The Morgan fingerprint density at radius 2 is 2.00 bits per heavy atom. The molecule has 0 aliphatic rings. The lowest BCUT2D eigenvalue weighted by Gasteiger charge is -2.11. The lowest BCUT2D eigenvalue weighted by atomic mass is 10.2. The van der Waals surface area contributed by atoms with Crippen molar-refractivity contribution in [3.8, 4) is 5.75 Å². The molecule has 2 amide bonds. The first-order valence-electron chi connectivity index (χ1n) is 7.27. The van der Waals surface area contributed by atoms with E-state index in [4.69, 9.17) is 21.7 Å². The highest BCUT2D eigenvalue weighted by Crippen LogP contribution is 2.13. The zero-order valence-electron chi connectivity index (χ0n) is 13.2. The minimum atomic E-state index is -0.400. The Hall–Kier alpha value is -2.19. The molecule has 126 valence electrons. The van der Waals surface area contributed by atoms with Crippen molar-refractivity contribution in [3.05, 3.63) is 29.8 Å². The number of hydrogen-bond acceptors (Lipinski definition) is 5. The molecular formula is C15H21N3O4S. The predicted octanol–water partition coefficient (Wildman–Crippen LogP) is 1.15. The molecule has 0 atom stereocenters. The molecule has 0 aliphatic carbocycles. The predicted molar refractivity (Wildman–Crippen MR) is 90.1 cm³/mol. The summed E-state index contributed by atoms with van der Waals surface area (Å²) in [5.74, 6) is -0.176. The van der Waals surface area contributed by atoms with Gasteiger partial charge in [0.15, 0.2) is 5.11 Å². The van der Waals surface area contributed by atoms with Gasteiger partial charge in [0, 0.05) is 12.2 Å². The molecule has 0 aliphatic heterocycles. The van der Waals surface area contributed by atoms with Crippen LogP contribution < -0.4 is 20.9 Å². The molecule has 0 spiro atoms. The quantitative estimate of drug-likeness (QED) is 0.510. The number of ether oxygens (including phenoxy) is 2. The van der Waals surface area contributed by atoms with Crippen molar-refractivity contribution < 1.29 is 19.1 Å². The van der Waals surface area contributed by atoms with Crippen LogP contribution in [0.2, 0.25) is 0 Å². The number of rotatable bonds is 7. The van der Waals surface area contributed by atoms with Gasteiger partial charge in [0.1, 0.15) is 12.4 Å². The molecule has 1 rings (SSSR count). The molecule has 1 aromatic carbocycles. The lowest BCUT2D eigenvalue weighted by molar-refractivity contribution is -0.126. The van der Waals surface area contributed by atoms with Crippen molar-refractivity contribution in [1.82, 2.24) is 16.2 Å². The van der Waals surface area contributed by atoms with E-state index in [0.29, 0.717) is 24.5 Å². The number of nitrogens with one attached hydrogen (secondary N) is 3. The maximum Gasteiger partial charge on any atom is 0.264 e. The van der Waals surface area contributed by atoms with Gasteiger partial charge in [-0.1, -0.05) is 13.0 Å². The minimum Gasteiger partial charge on any atom is -0.494 e. The number of hydrazine groups is 1. The normalized spacial score (nSPS) is 9.83. The van der Waals surface area contributed by atoms with Gasteiger partial charge in [-0.2, -0.15) is 0 Å². The molecule has 0 unspecified atom stereocenters. The highest BCUT2D eigenvalue weighted by Gasteiger charge is 2.09. The largest absolute Gasteiger partial charge is 0.494 e. The van der Waals surface area contributed by atoms with Gasteiger partial charge in [-0.15, -0.1) is 0 Å². The van der Waals surface area contributed by atoms with Crippen LogP contribution in [0.4, 0.5) is 0 Å².